The number of ether oxygens (including phenoxy) is 4. The van der Waals surface area contributed by atoms with Crippen molar-refractivity contribution in [3.8, 4) is 29.1 Å². The Balaban J connectivity index is 1.48. The fraction of sp³-hybridized carbons (Fsp3) is 0.481. The van der Waals surface area contributed by atoms with Gasteiger partial charge in [-0.15, -0.1) is 0 Å². The first-order valence-corrected chi connectivity index (χ1v) is 23.2. The lowest BCUT2D eigenvalue weighted by atomic mass is 9.78. The molecule has 17 nitrogen and oxygen atoms in total. The second-order valence-electron chi connectivity index (χ2n) is 18.9. The Kier molecular flexibility index (Phi) is 15.8. The second-order valence-corrected chi connectivity index (χ2v) is 18.9. The molecule has 69 heavy (non-hydrogen) atoms. The van der Waals surface area contributed by atoms with Crippen LogP contribution in [0.2, 0.25) is 0 Å². The fourth-order valence-corrected chi connectivity index (χ4v) is 9.77. The minimum atomic E-state index is -2.08. The minimum absolute atomic E-state index is 0.0350. The second kappa shape index (κ2) is 21.0. The van der Waals surface area contributed by atoms with Crippen LogP contribution < -0.4 is 10.1 Å². The molecule has 17 heteroatoms. The molecule has 5 bridgehead atoms. The smallest absolute Gasteiger partial charge is 0.312 e. The lowest BCUT2D eigenvalue weighted by molar-refractivity contribution is -0.160. The third-order valence-corrected chi connectivity index (χ3v) is 13.8. The number of ketones is 1. The number of phenols is 3. The van der Waals surface area contributed by atoms with Crippen LogP contribution in [-0.4, -0.2) is 122 Å². The molecule has 3 aromatic carbocycles. The lowest BCUT2D eigenvalue weighted by Crippen LogP contribution is -2.54. The number of rotatable bonds is 6. The Morgan fingerprint density at radius 2 is 1.65 bits per heavy atom. The van der Waals surface area contributed by atoms with E-state index in [-0.39, 0.29) is 56.6 Å². The Labute approximate surface area is 402 Å². The number of piperazine rings is 1. The molecule has 4 heterocycles. The summed E-state index contributed by atoms with van der Waals surface area (Å²) in [5, 5.41) is 77.5. The van der Waals surface area contributed by atoms with Crippen LogP contribution in [-0.2, 0) is 30.3 Å². The number of allylic oxidation sites excluding steroid dienone is 2. The van der Waals surface area contributed by atoms with E-state index in [9.17, 15) is 45.2 Å². The number of benzene rings is 3. The molecule has 0 spiro atoms. The quantitative estimate of drug-likeness (QED) is 0.0664. The van der Waals surface area contributed by atoms with Crippen molar-refractivity contribution in [2.45, 2.75) is 118 Å². The third-order valence-electron chi connectivity index (χ3n) is 13.8. The van der Waals surface area contributed by atoms with Crippen LogP contribution in [0.25, 0.3) is 10.8 Å². The number of amides is 1. The summed E-state index contributed by atoms with van der Waals surface area (Å²) in [6, 6.07) is 9.26. The molecule has 11 atom stereocenters. The standard InChI is InChI=1S/C52H65N5O12/c1-26-14-12-15-27(2)51(65)55-42-37(22-54-57-28(3)23-56(24-29(57)4)25-36-17-13-16-35(20-36)21-53)46(62)39-40(47(42)63)45(61)33(8)49-41(39)50(64)52(10,69-49)67-19-18-38(66-11)30(5)48(68-34(9)58)32(7)44(60)31(6)43(26)59/h12-20,22,26,28-32,38,43-44,48,59-63H,23-25H2,1-11H3,(H,55,65)/b14-12+,19-18+,27-15-,54-22-/t26-,28?,29?,30+,31+,32+,38-,43-,44+,48+,52-/m0/s1. The number of esters is 1. The maximum atomic E-state index is 14.7. The van der Waals surface area contributed by atoms with E-state index in [4.69, 9.17) is 24.0 Å². The zero-order chi connectivity index (χ0) is 50.8. The first kappa shape index (κ1) is 51.9. The van der Waals surface area contributed by atoms with Crippen molar-refractivity contribution in [1.29, 1.82) is 5.26 Å². The van der Waals surface area contributed by atoms with Crippen molar-refractivity contribution in [3.05, 3.63) is 88.2 Å². The SMILES string of the molecule is CO[C@H]1/C=C/O[C@@]2(C)Oc3c(C)c(O)c4c(O)c(c(/C=N\N5C(C)CN(Cc6cccc(C#N)c6)CC5C)c(O)c4c3C2=O)NC(=O)/C(C)=C\C=C\[C@H](C)[C@H](O)[C@@H](C)[C@@H](O)[C@@H](C)[C@H](OC(C)=O)[C@@H]1C. The maximum absolute atomic E-state index is 14.7. The van der Waals surface area contributed by atoms with Crippen molar-refractivity contribution in [2.24, 2.45) is 28.8 Å². The highest BCUT2D eigenvalue weighted by Crippen LogP contribution is 2.55. The molecular weight excluding hydrogens is 887 g/mol. The molecule has 3 aromatic rings. The minimum Gasteiger partial charge on any atom is -0.507 e. The fourth-order valence-electron chi connectivity index (χ4n) is 9.77. The Hall–Kier alpha value is -6.45. The molecule has 0 aromatic heterocycles. The van der Waals surface area contributed by atoms with Gasteiger partial charge < -0.3 is 49.8 Å². The van der Waals surface area contributed by atoms with Gasteiger partial charge in [-0.25, -0.2) is 0 Å². The van der Waals surface area contributed by atoms with Crippen LogP contribution >= 0.6 is 0 Å². The zero-order valence-electron chi connectivity index (χ0n) is 41.1. The van der Waals surface area contributed by atoms with Crippen LogP contribution in [0.4, 0.5) is 5.69 Å². The van der Waals surface area contributed by atoms with E-state index in [1.54, 1.807) is 45.9 Å². The van der Waals surface area contributed by atoms with Gasteiger partial charge in [0.15, 0.2) is 5.75 Å². The van der Waals surface area contributed by atoms with E-state index >= 15 is 0 Å². The summed E-state index contributed by atoms with van der Waals surface area (Å²) in [6.07, 6.45) is 4.76. The van der Waals surface area contributed by atoms with Gasteiger partial charge in [0.05, 0.1) is 76.7 Å². The topological polar surface area (TPSA) is 244 Å². The molecule has 1 fully saturated rings. The molecule has 7 rings (SSSR count). The van der Waals surface area contributed by atoms with Gasteiger partial charge >= 0.3 is 11.8 Å². The van der Waals surface area contributed by atoms with Gasteiger partial charge in [0.25, 0.3) is 11.7 Å². The highest BCUT2D eigenvalue weighted by Gasteiger charge is 2.50. The van der Waals surface area contributed by atoms with Crippen molar-refractivity contribution < 1.29 is 58.9 Å². The molecule has 6 N–H and O–H groups in total. The van der Waals surface area contributed by atoms with Gasteiger partial charge in [-0.1, -0.05) is 58.1 Å². The number of carbonyl (C=O) groups is 3. The van der Waals surface area contributed by atoms with Crippen molar-refractivity contribution in [1.82, 2.24) is 9.91 Å². The number of fused-ring (bicyclic) bond motifs is 14. The first-order valence-electron chi connectivity index (χ1n) is 23.2. The number of Topliss-reactive ketones (excluding diaryl/α,β-unsaturated/α-hetero) is 1. The van der Waals surface area contributed by atoms with Gasteiger partial charge in [0.1, 0.15) is 23.4 Å². The highest BCUT2D eigenvalue weighted by molar-refractivity contribution is 6.23. The summed E-state index contributed by atoms with van der Waals surface area (Å²) in [5.41, 5.74) is 1.06. The maximum Gasteiger partial charge on any atom is 0.312 e. The number of nitrogens with zero attached hydrogens (tertiary/aromatic N) is 4. The Morgan fingerprint density at radius 3 is 2.29 bits per heavy atom. The zero-order valence-corrected chi connectivity index (χ0v) is 41.1. The van der Waals surface area contributed by atoms with Gasteiger partial charge in [-0.3, -0.25) is 24.3 Å². The van der Waals surface area contributed by atoms with Crippen molar-refractivity contribution in [3.63, 3.8) is 0 Å². The van der Waals surface area contributed by atoms with Crippen LogP contribution in [0.15, 0.2) is 65.5 Å². The van der Waals surface area contributed by atoms with Crippen LogP contribution in [0.3, 0.4) is 0 Å². The number of hydrogen-bond donors (Lipinski definition) is 6. The van der Waals surface area contributed by atoms with Gasteiger partial charge in [0, 0.05) is 80.8 Å². The predicted molar refractivity (Wildman–Crippen MR) is 259 cm³/mol. The Bertz CT molecular complexity index is 2630. The number of hydrazone groups is 1. The number of carbonyl (C=O) groups excluding carboxylic acids is 3. The van der Waals surface area contributed by atoms with Gasteiger partial charge in [0.2, 0.25) is 0 Å². The summed E-state index contributed by atoms with van der Waals surface area (Å²) in [7, 11) is 1.43. The largest absolute Gasteiger partial charge is 0.507 e. The number of hydrogen-bond acceptors (Lipinski definition) is 16. The summed E-state index contributed by atoms with van der Waals surface area (Å²) >= 11 is 0. The lowest BCUT2D eigenvalue weighted by Gasteiger charge is -2.42. The number of methoxy groups -OCH3 is 1. The van der Waals surface area contributed by atoms with Crippen LogP contribution in [0, 0.1) is 41.9 Å². The summed E-state index contributed by atoms with van der Waals surface area (Å²) in [6.45, 7) is 18.2. The van der Waals surface area contributed by atoms with E-state index in [0.717, 1.165) is 5.56 Å². The summed E-state index contributed by atoms with van der Waals surface area (Å²) in [4.78, 5) is 43.3. The number of nitriles is 1. The molecule has 0 aliphatic carbocycles. The predicted octanol–water partition coefficient (Wildman–Crippen LogP) is 6.55. The monoisotopic (exact) mass is 951 g/mol. The summed E-state index contributed by atoms with van der Waals surface area (Å²) < 4.78 is 23.8. The third kappa shape index (κ3) is 10.4. The van der Waals surface area contributed by atoms with Gasteiger partial charge in [-0.05, 0) is 51.5 Å². The van der Waals surface area contributed by atoms with Gasteiger partial charge in [-0.2, -0.15) is 10.4 Å². The molecule has 370 valence electrons. The average molecular weight is 952 g/mol. The number of aromatic hydroxyl groups is 3. The van der Waals surface area contributed by atoms with E-state index in [1.807, 2.05) is 37.1 Å². The number of anilines is 1. The number of phenolic OH excluding ortho intramolecular Hbond substituents is 3. The van der Waals surface area contributed by atoms with E-state index in [0.29, 0.717) is 25.2 Å². The normalized spacial score (nSPS) is 31.1. The molecule has 1 amide bonds. The molecule has 1 saturated heterocycles. The number of aliphatic hydroxyl groups excluding tert-OH is 2. The molecule has 0 saturated carbocycles. The van der Waals surface area contributed by atoms with E-state index in [1.165, 1.54) is 59.4 Å². The first-order chi connectivity index (χ1) is 32.5. The van der Waals surface area contributed by atoms with E-state index in [2.05, 4.69) is 16.3 Å². The molecular formula is C52H65N5O12. The highest BCUT2D eigenvalue weighted by atomic mass is 16.7. The average Bonchev–Trinajstić information content (AvgIpc) is 3.57. The van der Waals surface area contributed by atoms with Crippen LogP contribution in [0.5, 0.6) is 23.0 Å². The summed E-state index contributed by atoms with van der Waals surface area (Å²) in [5.74, 6) is -8.64. The Morgan fingerprint density at radius 1 is 0.971 bits per heavy atom. The van der Waals surface area contributed by atoms with Crippen molar-refractivity contribution >= 4 is 40.3 Å². The van der Waals surface area contributed by atoms with Crippen LogP contribution in [0.1, 0.15) is 94.9 Å². The van der Waals surface area contributed by atoms with E-state index < -0.39 is 88.8 Å². The molecule has 2 unspecified atom stereocenters. The molecule has 4 aliphatic heterocycles. The number of aliphatic hydroxyl groups is 2. The van der Waals surface area contributed by atoms with Crippen molar-refractivity contribution in [2.75, 3.05) is 25.5 Å². The molecule has 0 radical (unpaired) electrons. The molecule has 4 aliphatic rings. The number of nitrogens with one attached hydrogen (secondary N) is 1.